The third-order valence-electron chi connectivity index (χ3n) is 6.35. The SMILES string of the molecule is Cc1cc(N2C(=O)C3(CCC3)N(c3ccc(-c4cncc(F)c4)cc3)C2S)cnc1C#N. The molecule has 1 atom stereocenters. The van der Waals surface area contributed by atoms with Crippen LogP contribution in [0.25, 0.3) is 11.1 Å². The smallest absolute Gasteiger partial charge is 0.255 e. The van der Waals surface area contributed by atoms with Crippen LogP contribution in [0.2, 0.25) is 0 Å². The van der Waals surface area contributed by atoms with E-state index in [4.69, 9.17) is 12.6 Å². The molecule has 2 aromatic heterocycles. The van der Waals surface area contributed by atoms with Crippen LogP contribution in [0.5, 0.6) is 0 Å². The van der Waals surface area contributed by atoms with E-state index in [1.54, 1.807) is 24.2 Å². The molecule has 1 aliphatic heterocycles. The first-order valence-electron chi connectivity index (χ1n) is 10.3. The van der Waals surface area contributed by atoms with Gasteiger partial charge in [0.15, 0.2) is 5.50 Å². The second kappa shape index (κ2) is 7.61. The van der Waals surface area contributed by atoms with Crippen molar-refractivity contribution in [3.8, 4) is 17.2 Å². The maximum Gasteiger partial charge on any atom is 0.255 e. The van der Waals surface area contributed by atoms with E-state index in [1.807, 2.05) is 30.3 Å². The summed E-state index contributed by atoms with van der Waals surface area (Å²) < 4.78 is 13.6. The molecule has 0 radical (unpaired) electrons. The lowest BCUT2D eigenvalue weighted by Gasteiger charge is -2.44. The predicted octanol–water partition coefficient (Wildman–Crippen LogP) is 4.45. The van der Waals surface area contributed by atoms with Crippen molar-refractivity contribution in [2.45, 2.75) is 37.2 Å². The van der Waals surface area contributed by atoms with Crippen LogP contribution in [0.1, 0.15) is 30.5 Å². The van der Waals surface area contributed by atoms with Crippen molar-refractivity contribution >= 4 is 29.9 Å². The zero-order valence-electron chi connectivity index (χ0n) is 17.4. The molecule has 2 fully saturated rings. The van der Waals surface area contributed by atoms with E-state index in [0.29, 0.717) is 22.5 Å². The molecule has 0 bridgehead atoms. The van der Waals surface area contributed by atoms with Gasteiger partial charge in [0.1, 0.15) is 23.1 Å². The highest BCUT2D eigenvalue weighted by Gasteiger charge is 2.60. The largest absolute Gasteiger partial charge is 0.328 e. The zero-order chi connectivity index (χ0) is 22.5. The molecule has 1 aliphatic carbocycles. The number of nitriles is 1. The second-order valence-electron chi connectivity index (χ2n) is 8.19. The van der Waals surface area contributed by atoms with Crippen LogP contribution in [0, 0.1) is 24.1 Å². The van der Waals surface area contributed by atoms with Gasteiger partial charge < -0.3 is 4.90 Å². The lowest BCUT2D eigenvalue weighted by molar-refractivity contribution is -0.124. The summed E-state index contributed by atoms with van der Waals surface area (Å²) in [4.78, 5) is 25.4. The number of hydrogen-bond acceptors (Lipinski definition) is 6. The molecule has 3 aromatic rings. The number of halogens is 1. The molecule has 2 aliphatic rings. The number of anilines is 2. The molecule has 1 unspecified atom stereocenters. The molecule has 32 heavy (non-hydrogen) atoms. The molecule has 1 saturated carbocycles. The highest BCUT2D eigenvalue weighted by Crippen LogP contribution is 2.50. The molecule has 1 saturated heterocycles. The van der Waals surface area contributed by atoms with Crippen molar-refractivity contribution in [2.75, 3.05) is 9.80 Å². The Hall–Kier alpha value is -3.44. The first-order chi connectivity index (χ1) is 15.4. The summed E-state index contributed by atoms with van der Waals surface area (Å²) in [5.74, 6) is -0.393. The maximum atomic E-state index is 13.6. The Balaban J connectivity index is 1.52. The average Bonchev–Trinajstić information content (AvgIpc) is 3.00. The van der Waals surface area contributed by atoms with Crippen LogP contribution in [0.15, 0.2) is 55.0 Å². The Bertz CT molecular complexity index is 1250. The lowest BCUT2D eigenvalue weighted by atomic mass is 9.75. The summed E-state index contributed by atoms with van der Waals surface area (Å²) in [5.41, 5.74) is 2.93. The van der Waals surface area contributed by atoms with Crippen molar-refractivity contribution in [3.05, 3.63) is 72.1 Å². The number of pyridine rings is 2. The summed E-state index contributed by atoms with van der Waals surface area (Å²) in [5, 5.41) is 9.18. The van der Waals surface area contributed by atoms with Gasteiger partial charge in [0.2, 0.25) is 0 Å². The van der Waals surface area contributed by atoms with E-state index in [9.17, 15) is 14.4 Å². The topological polar surface area (TPSA) is 73.1 Å². The molecule has 5 rings (SSSR count). The number of aryl methyl sites for hydroxylation is 1. The van der Waals surface area contributed by atoms with E-state index >= 15 is 0 Å². The van der Waals surface area contributed by atoms with E-state index in [-0.39, 0.29) is 11.7 Å². The third kappa shape index (κ3) is 3.04. The summed E-state index contributed by atoms with van der Waals surface area (Å²) in [6.07, 6.45) is 6.81. The quantitative estimate of drug-likeness (QED) is 0.603. The van der Waals surface area contributed by atoms with Crippen molar-refractivity contribution in [1.29, 1.82) is 5.26 Å². The summed E-state index contributed by atoms with van der Waals surface area (Å²) in [7, 11) is 0. The molecule has 8 heteroatoms. The number of rotatable bonds is 3. The minimum Gasteiger partial charge on any atom is -0.328 e. The first-order valence-corrected chi connectivity index (χ1v) is 10.8. The van der Waals surface area contributed by atoms with E-state index in [2.05, 4.69) is 20.9 Å². The van der Waals surface area contributed by atoms with Crippen molar-refractivity contribution in [1.82, 2.24) is 9.97 Å². The fraction of sp³-hybridized carbons (Fsp3) is 0.250. The fourth-order valence-corrected chi connectivity index (χ4v) is 5.15. The summed E-state index contributed by atoms with van der Waals surface area (Å²) in [6.45, 7) is 1.81. The van der Waals surface area contributed by atoms with Crippen LogP contribution in [-0.4, -0.2) is 26.9 Å². The standard InChI is InChI=1S/C24H20FN5OS/c1-15-9-20(14-28-21(15)11-26)29-22(31)24(7-2-8-24)30(23(29)32)19-5-3-16(4-6-19)17-10-18(25)13-27-12-17/h3-6,9-10,12-14,23,32H,2,7-8H2,1H3. The number of thiol groups is 1. The predicted molar refractivity (Wildman–Crippen MR) is 123 cm³/mol. The number of aromatic nitrogens is 2. The van der Waals surface area contributed by atoms with E-state index < -0.39 is 11.0 Å². The van der Waals surface area contributed by atoms with Crippen molar-refractivity contribution < 1.29 is 9.18 Å². The Morgan fingerprint density at radius 1 is 1.12 bits per heavy atom. The number of nitrogens with zero attached hydrogens (tertiary/aromatic N) is 5. The van der Waals surface area contributed by atoms with Gasteiger partial charge in [-0.3, -0.25) is 14.7 Å². The lowest BCUT2D eigenvalue weighted by Crippen LogP contribution is -2.55. The Labute approximate surface area is 190 Å². The molecule has 6 nitrogen and oxygen atoms in total. The Kier molecular flexibility index (Phi) is 4.86. The summed E-state index contributed by atoms with van der Waals surface area (Å²) in [6, 6.07) is 13.0. The normalized spacial score (nSPS) is 19.2. The van der Waals surface area contributed by atoms with E-state index in [0.717, 1.165) is 30.5 Å². The van der Waals surface area contributed by atoms with Gasteiger partial charge in [0.05, 0.1) is 18.1 Å². The second-order valence-corrected chi connectivity index (χ2v) is 8.65. The van der Waals surface area contributed by atoms with Crippen molar-refractivity contribution in [2.24, 2.45) is 0 Å². The number of carbonyl (C=O) groups is 1. The van der Waals surface area contributed by atoms with Gasteiger partial charge in [-0.25, -0.2) is 9.37 Å². The molecule has 1 amide bonds. The summed E-state index contributed by atoms with van der Waals surface area (Å²) >= 11 is 4.84. The van der Waals surface area contributed by atoms with Gasteiger partial charge in [0, 0.05) is 17.4 Å². The molecule has 160 valence electrons. The number of benzene rings is 1. The van der Waals surface area contributed by atoms with Gasteiger partial charge in [-0.15, -0.1) is 12.6 Å². The van der Waals surface area contributed by atoms with Crippen LogP contribution in [0.3, 0.4) is 0 Å². The minimum absolute atomic E-state index is 0.00642. The molecule has 3 heterocycles. The first kappa shape index (κ1) is 20.5. The number of carbonyl (C=O) groups excluding carboxylic acids is 1. The average molecular weight is 446 g/mol. The molecule has 0 N–H and O–H groups in total. The number of amides is 1. The van der Waals surface area contributed by atoms with Gasteiger partial charge in [-0.1, -0.05) is 12.1 Å². The Morgan fingerprint density at radius 2 is 1.88 bits per heavy atom. The molecular formula is C24H20FN5OS. The Morgan fingerprint density at radius 3 is 2.47 bits per heavy atom. The van der Waals surface area contributed by atoms with Crippen molar-refractivity contribution in [3.63, 3.8) is 0 Å². The van der Waals surface area contributed by atoms with Gasteiger partial charge in [-0.2, -0.15) is 5.26 Å². The minimum atomic E-state index is -0.643. The van der Waals surface area contributed by atoms with Gasteiger partial charge >= 0.3 is 0 Å². The van der Waals surface area contributed by atoms with Crippen LogP contribution in [-0.2, 0) is 4.79 Å². The van der Waals surface area contributed by atoms with Crippen LogP contribution < -0.4 is 9.80 Å². The van der Waals surface area contributed by atoms with Crippen LogP contribution >= 0.6 is 12.6 Å². The maximum absolute atomic E-state index is 13.6. The van der Waals surface area contributed by atoms with Gasteiger partial charge in [-0.05, 0) is 61.6 Å². The highest BCUT2D eigenvalue weighted by atomic mass is 32.1. The fourth-order valence-electron chi connectivity index (χ4n) is 4.56. The monoisotopic (exact) mass is 445 g/mol. The van der Waals surface area contributed by atoms with Crippen LogP contribution in [0.4, 0.5) is 15.8 Å². The van der Waals surface area contributed by atoms with E-state index in [1.165, 1.54) is 12.3 Å². The zero-order valence-corrected chi connectivity index (χ0v) is 18.3. The third-order valence-corrected chi connectivity index (χ3v) is 6.81. The number of hydrogen-bond donors (Lipinski definition) is 1. The highest BCUT2D eigenvalue weighted by molar-refractivity contribution is 7.81. The molecule has 1 aromatic carbocycles. The molecular weight excluding hydrogens is 425 g/mol. The molecule has 1 spiro atoms. The van der Waals surface area contributed by atoms with Gasteiger partial charge in [0.25, 0.3) is 5.91 Å².